The van der Waals surface area contributed by atoms with Crippen LogP contribution in [0.1, 0.15) is 26.3 Å². The fraction of sp³-hybridized carbons (Fsp3) is 0.333. The monoisotopic (exact) mass is 527 g/mol. The Morgan fingerprint density at radius 2 is 1.80 bits per heavy atom. The van der Waals surface area contributed by atoms with Crippen LogP contribution in [0.25, 0.3) is 0 Å². The minimum atomic E-state index is -1.25. The zero-order chi connectivity index (χ0) is 21.6. The van der Waals surface area contributed by atoms with Gasteiger partial charge in [-0.3, -0.25) is 4.79 Å². The molecule has 0 aliphatic carbocycles. The molecule has 2 aliphatic heterocycles. The van der Waals surface area contributed by atoms with Gasteiger partial charge in [-0.15, -0.1) is 0 Å². The first kappa shape index (κ1) is 21.0. The Kier molecular flexibility index (Phi) is 5.67. The smallest absolute Gasteiger partial charge is 0.342 e. The van der Waals surface area contributed by atoms with Crippen LogP contribution >= 0.6 is 22.6 Å². The van der Waals surface area contributed by atoms with Crippen molar-refractivity contribution >= 4 is 45.8 Å². The van der Waals surface area contributed by atoms with Crippen molar-refractivity contribution in [1.29, 1.82) is 0 Å². The molecular weight excluding hydrogens is 507 g/mol. The number of cyclic esters (lactones) is 1. The number of nitrogens with zero attached hydrogens (tertiary/aromatic N) is 3. The van der Waals surface area contributed by atoms with E-state index in [1.54, 1.807) is 6.07 Å². The third-order valence-corrected chi connectivity index (χ3v) is 6.14. The van der Waals surface area contributed by atoms with E-state index in [-0.39, 0.29) is 18.0 Å². The Bertz CT molecular complexity index is 1040. The third kappa shape index (κ3) is 3.64. The van der Waals surface area contributed by atoms with Crippen molar-refractivity contribution in [2.75, 3.05) is 44.9 Å². The summed E-state index contributed by atoms with van der Waals surface area (Å²) in [6.45, 7) is 3.70. The second kappa shape index (κ2) is 8.10. The standard InChI is InChI=1S/C21H20F2IN3O3/c1-12-9-13(24)3-4-16(12)27-11-30-21(29)15-10-14(17(22)18(23)19(15)27)20(28)26-7-5-25(2)6-8-26/h3-4,9-10H,5-8,11H2,1-2H3. The van der Waals surface area contributed by atoms with Gasteiger partial charge in [-0.1, -0.05) is 0 Å². The first-order valence-electron chi connectivity index (χ1n) is 9.48. The molecule has 30 heavy (non-hydrogen) atoms. The van der Waals surface area contributed by atoms with Gasteiger partial charge in [0, 0.05) is 35.4 Å². The van der Waals surface area contributed by atoms with Gasteiger partial charge in [-0.25, -0.2) is 13.6 Å². The van der Waals surface area contributed by atoms with Crippen LogP contribution in [0.3, 0.4) is 0 Å². The number of hydrogen-bond acceptors (Lipinski definition) is 5. The Morgan fingerprint density at radius 1 is 1.10 bits per heavy atom. The maximum Gasteiger partial charge on any atom is 0.342 e. The molecular formula is C21H20F2IN3O3. The summed E-state index contributed by atoms with van der Waals surface area (Å²) < 4.78 is 36.5. The lowest BCUT2D eigenvalue weighted by Crippen LogP contribution is -2.47. The lowest BCUT2D eigenvalue weighted by Gasteiger charge is -2.34. The van der Waals surface area contributed by atoms with Crippen molar-refractivity contribution in [2.24, 2.45) is 0 Å². The summed E-state index contributed by atoms with van der Waals surface area (Å²) in [6.07, 6.45) is 0. The van der Waals surface area contributed by atoms with E-state index in [4.69, 9.17) is 4.74 Å². The van der Waals surface area contributed by atoms with Crippen LogP contribution in [-0.4, -0.2) is 61.6 Å². The molecule has 0 radical (unpaired) electrons. The molecule has 1 saturated heterocycles. The number of fused-ring (bicyclic) bond motifs is 1. The lowest BCUT2D eigenvalue weighted by atomic mass is 10.0. The first-order chi connectivity index (χ1) is 14.3. The van der Waals surface area contributed by atoms with Crippen molar-refractivity contribution in [3.8, 4) is 0 Å². The average molecular weight is 527 g/mol. The van der Waals surface area contributed by atoms with Gasteiger partial charge >= 0.3 is 5.97 Å². The molecule has 2 heterocycles. The number of aryl methyl sites for hydroxylation is 1. The van der Waals surface area contributed by atoms with Crippen LogP contribution in [0.4, 0.5) is 20.2 Å². The van der Waals surface area contributed by atoms with Crippen LogP contribution < -0.4 is 4.90 Å². The van der Waals surface area contributed by atoms with Gasteiger partial charge in [0.05, 0.1) is 16.8 Å². The van der Waals surface area contributed by atoms with E-state index < -0.39 is 29.1 Å². The molecule has 0 unspecified atom stereocenters. The molecule has 6 nitrogen and oxygen atoms in total. The van der Waals surface area contributed by atoms with E-state index in [1.165, 1.54) is 9.80 Å². The highest BCUT2D eigenvalue weighted by atomic mass is 127. The van der Waals surface area contributed by atoms with E-state index in [2.05, 4.69) is 22.6 Å². The number of anilines is 2. The van der Waals surface area contributed by atoms with Crippen molar-refractivity contribution in [2.45, 2.75) is 6.92 Å². The predicted octanol–water partition coefficient (Wildman–Crippen LogP) is 3.53. The zero-order valence-electron chi connectivity index (χ0n) is 16.5. The number of likely N-dealkylation sites (N-methyl/N-ethyl adjacent to an activating group) is 1. The number of hydrogen-bond donors (Lipinski definition) is 0. The molecule has 158 valence electrons. The first-order valence-corrected chi connectivity index (χ1v) is 10.6. The number of esters is 1. The number of piperazine rings is 1. The molecule has 2 aliphatic rings. The fourth-order valence-corrected chi connectivity index (χ4v) is 4.40. The second-order valence-electron chi connectivity index (χ2n) is 7.46. The second-order valence-corrected chi connectivity index (χ2v) is 8.71. The highest BCUT2D eigenvalue weighted by Crippen LogP contribution is 2.39. The Morgan fingerprint density at radius 3 is 2.47 bits per heavy atom. The van der Waals surface area contributed by atoms with Crippen LogP contribution in [-0.2, 0) is 4.74 Å². The molecule has 0 saturated carbocycles. The zero-order valence-corrected chi connectivity index (χ0v) is 18.7. The van der Waals surface area contributed by atoms with Crippen LogP contribution in [0.5, 0.6) is 0 Å². The molecule has 0 atom stereocenters. The highest BCUT2D eigenvalue weighted by molar-refractivity contribution is 14.1. The van der Waals surface area contributed by atoms with E-state index in [9.17, 15) is 9.59 Å². The average Bonchev–Trinajstić information content (AvgIpc) is 2.71. The largest absolute Gasteiger partial charge is 0.440 e. The molecule has 0 spiro atoms. The number of rotatable bonds is 2. The SMILES string of the molecule is Cc1cc(I)ccc1N1COC(=O)c2cc(C(=O)N3CCN(C)CC3)c(F)c(F)c21. The maximum absolute atomic E-state index is 15.2. The summed E-state index contributed by atoms with van der Waals surface area (Å²) in [5.41, 5.74) is 0.608. The summed E-state index contributed by atoms with van der Waals surface area (Å²) in [5, 5.41) is 0. The van der Waals surface area contributed by atoms with Gasteiger partial charge in [0.2, 0.25) is 0 Å². The van der Waals surface area contributed by atoms with E-state index in [0.29, 0.717) is 31.9 Å². The fourth-order valence-electron chi connectivity index (χ4n) is 3.75. The highest BCUT2D eigenvalue weighted by Gasteiger charge is 2.35. The third-order valence-electron chi connectivity index (χ3n) is 5.47. The van der Waals surface area contributed by atoms with Gasteiger partial charge in [-0.05, 0) is 66.4 Å². The molecule has 2 aromatic rings. The maximum atomic E-state index is 15.2. The number of ether oxygens (including phenoxy) is 1. The van der Waals surface area contributed by atoms with Crippen molar-refractivity contribution in [3.05, 3.63) is 56.2 Å². The van der Waals surface area contributed by atoms with Gasteiger partial charge in [0.1, 0.15) is 0 Å². The molecule has 4 rings (SSSR count). The van der Waals surface area contributed by atoms with Crippen molar-refractivity contribution in [1.82, 2.24) is 9.80 Å². The van der Waals surface area contributed by atoms with Crippen molar-refractivity contribution in [3.63, 3.8) is 0 Å². The van der Waals surface area contributed by atoms with Crippen molar-refractivity contribution < 1.29 is 23.1 Å². The minimum Gasteiger partial charge on any atom is -0.440 e. The summed E-state index contributed by atoms with van der Waals surface area (Å²) in [7, 11) is 1.93. The summed E-state index contributed by atoms with van der Waals surface area (Å²) >= 11 is 2.16. The Labute approximate surface area is 186 Å². The topological polar surface area (TPSA) is 53.1 Å². The molecule has 0 bridgehead atoms. The number of carbonyl (C=O) groups excluding carboxylic acids is 2. The predicted molar refractivity (Wildman–Crippen MR) is 116 cm³/mol. The van der Waals surface area contributed by atoms with E-state index in [1.807, 2.05) is 31.0 Å². The number of halogens is 3. The number of benzene rings is 2. The lowest BCUT2D eigenvalue weighted by molar-refractivity contribution is 0.0491. The minimum absolute atomic E-state index is 0.157. The van der Waals surface area contributed by atoms with Gasteiger partial charge in [-0.2, -0.15) is 0 Å². The Balaban J connectivity index is 1.78. The molecule has 2 aromatic carbocycles. The van der Waals surface area contributed by atoms with Crippen LogP contribution in [0.15, 0.2) is 24.3 Å². The van der Waals surface area contributed by atoms with E-state index >= 15 is 8.78 Å². The molecule has 0 aromatic heterocycles. The van der Waals surface area contributed by atoms with Gasteiger partial charge in [0.25, 0.3) is 5.91 Å². The summed E-state index contributed by atoms with van der Waals surface area (Å²) in [4.78, 5) is 30.2. The molecule has 1 fully saturated rings. The van der Waals surface area contributed by atoms with E-state index in [0.717, 1.165) is 15.2 Å². The Hall–Kier alpha value is -2.27. The summed E-state index contributed by atoms with van der Waals surface area (Å²) in [6, 6.07) is 6.61. The normalized spacial score (nSPS) is 17.0. The van der Waals surface area contributed by atoms with Gasteiger partial charge < -0.3 is 19.4 Å². The van der Waals surface area contributed by atoms with Gasteiger partial charge in [0.15, 0.2) is 18.4 Å². The quantitative estimate of drug-likeness (QED) is 0.442. The molecule has 1 amide bonds. The number of carbonyl (C=O) groups is 2. The number of amides is 1. The van der Waals surface area contributed by atoms with Crippen LogP contribution in [0.2, 0.25) is 0 Å². The molecule has 9 heteroatoms. The van der Waals surface area contributed by atoms with Crippen LogP contribution in [0, 0.1) is 22.1 Å². The summed E-state index contributed by atoms with van der Waals surface area (Å²) in [5.74, 6) is -3.88. The molecule has 0 N–H and O–H groups in total.